The molecule has 150 valence electrons. The van der Waals surface area contributed by atoms with E-state index in [4.69, 9.17) is 4.74 Å². The number of anilines is 1. The lowest BCUT2D eigenvalue weighted by molar-refractivity contribution is -0.115. The lowest BCUT2D eigenvalue weighted by Crippen LogP contribution is -2.24. The second-order valence-corrected chi connectivity index (χ2v) is 7.97. The fourth-order valence-electron chi connectivity index (χ4n) is 2.63. The predicted octanol–water partition coefficient (Wildman–Crippen LogP) is 4.09. The summed E-state index contributed by atoms with van der Waals surface area (Å²) in [4.78, 5) is 31.7. The van der Waals surface area contributed by atoms with Gasteiger partial charge in [-0.05, 0) is 50.1 Å². The number of para-hydroxylation sites is 1. The summed E-state index contributed by atoms with van der Waals surface area (Å²) in [5, 5.41) is 2.88. The van der Waals surface area contributed by atoms with Gasteiger partial charge >= 0.3 is 0 Å². The zero-order valence-corrected chi connectivity index (χ0v) is 17.4. The van der Waals surface area contributed by atoms with E-state index in [1.165, 1.54) is 17.8 Å². The molecule has 3 rings (SSSR count). The lowest BCUT2D eigenvalue weighted by Gasteiger charge is -2.14. The molecule has 1 aromatic heterocycles. The first-order valence-electron chi connectivity index (χ1n) is 9.24. The number of H-pyrrole nitrogens is 1. The number of benzene rings is 2. The number of amides is 1. The van der Waals surface area contributed by atoms with Crippen molar-refractivity contribution in [3.05, 3.63) is 81.8 Å². The van der Waals surface area contributed by atoms with E-state index in [9.17, 15) is 9.59 Å². The molecule has 6 nitrogen and oxygen atoms in total. The highest BCUT2D eigenvalue weighted by atomic mass is 32.2. The summed E-state index contributed by atoms with van der Waals surface area (Å²) in [6, 6.07) is 16.5. The largest absolute Gasteiger partial charge is 0.487 e. The van der Waals surface area contributed by atoms with Gasteiger partial charge < -0.3 is 15.0 Å². The van der Waals surface area contributed by atoms with Gasteiger partial charge in [0.25, 0.3) is 5.56 Å². The van der Waals surface area contributed by atoms with Gasteiger partial charge in [0.15, 0.2) is 5.16 Å². The van der Waals surface area contributed by atoms with Crippen molar-refractivity contribution in [2.45, 2.75) is 37.8 Å². The highest BCUT2D eigenvalue weighted by Gasteiger charge is 2.17. The molecule has 0 aliphatic rings. The van der Waals surface area contributed by atoms with Gasteiger partial charge in [-0.25, -0.2) is 4.98 Å². The summed E-state index contributed by atoms with van der Waals surface area (Å²) in [6.07, 6.45) is 0. The van der Waals surface area contributed by atoms with Crippen molar-refractivity contribution in [1.29, 1.82) is 0 Å². The predicted molar refractivity (Wildman–Crippen MR) is 115 cm³/mol. The van der Waals surface area contributed by atoms with Crippen molar-refractivity contribution in [2.24, 2.45) is 0 Å². The van der Waals surface area contributed by atoms with Crippen LogP contribution in [0.2, 0.25) is 0 Å². The van der Waals surface area contributed by atoms with E-state index < -0.39 is 5.25 Å². The minimum absolute atomic E-state index is 0.155. The third-order valence-corrected chi connectivity index (χ3v) is 5.41. The van der Waals surface area contributed by atoms with Crippen LogP contribution < -0.4 is 15.6 Å². The molecule has 2 aromatic carbocycles. The Balaban J connectivity index is 1.65. The molecule has 7 heteroatoms. The van der Waals surface area contributed by atoms with E-state index in [1.54, 1.807) is 6.92 Å². The Kier molecular flexibility index (Phi) is 6.72. The molecule has 1 unspecified atom stereocenters. The van der Waals surface area contributed by atoms with Crippen LogP contribution in [0.25, 0.3) is 0 Å². The van der Waals surface area contributed by atoms with Gasteiger partial charge in [-0.2, -0.15) is 0 Å². The second kappa shape index (κ2) is 9.43. The van der Waals surface area contributed by atoms with Gasteiger partial charge in [0.2, 0.25) is 5.91 Å². The molecule has 1 heterocycles. The van der Waals surface area contributed by atoms with Gasteiger partial charge in [-0.3, -0.25) is 9.59 Å². The molecule has 0 spiro atoms. The number of aryl methyl sites for hydroxylation is 1. The molecule has 0 fully saturated rings. The van der Waals surface area contributed by atoms with E-state index in [0.29, 0.717) is 16.6 Å². The Morgan fingerprint density at radius 1 is 1.17 bits per heavy atom. The normalized spacial score (nSPS) is 11.7. The SMILES string of the molecule is Cc1cccc(NC(=O)C(C)Sc2nc(COc3ccccc3)cc(=O)[nH]2)c1C. The number of rotatable bonds is 7. The van der Waals surface area contributed by atoms with Gasteiger partial charge in [0.05, 0.1) is 10.9 Å². The summed E-state index contributed by atoms with van der Waals surface area (Å²) in [7, 11) is 0. The first-order valence-corrected chi connectivity index (χ1v) is 10.1. The molecular weight excluding hydrogens is 386 g/mol. The molecule has 0 aliphatic heterocycles. The Morgan fingerprint density at radius 2 is 1.93 bits per heavy atom. The number of hydrogen-bond donors (Lipinski definition) is 2. The Bertz CT molecular complexity index is 1050. The standard InChI is InChI=1S/C22H23N3O3S/c1-14-8-7-11-19(15(14)2)24-21(27)16(3)29-22-23-17(12-20(26)25-22)13-28-18-9-5-4-6-10-18/h4-12,16H,13H2,1-3H3,(H,24,27)(H,23,25,26). The number of aromatic amines is 1. The van der Waals surface area contributed by atoms with Crippen LogP contribution in [0.4, 0.5) is 5.69 Å². The highest BCUT2D eigenvalue weighted by molar-refractivity contribution is 8.00. The van der Waals surface area contributed by atoms with Gasteiger partial charge in [-0.15, -0.1) is 0 Å². The first-order chi connectivity index (χ1) is 13.9. The van der Waals surface area contributed by atoms with E-state index in [-0.39, 0.29) is 18.1 Å². The minimum atomic E-state index is -0.441. The third kappa shape index (κ3) is 5.71. The maximum atomic E-state index is 12.6. The van der Waals surface area contributed by atoms with Crippen LogP contribution in [-0.2, 0) is 11.4 Å². The van der Waals surface area contributed by atoms with Crippen LogP contribution in [0.1, 0.15) is 23.7 Å². The average Bonchev–Trinajstić information content (AvgIpc) is 2.70. The molecule has 0 bridgehead atoms. The molecule has 1 amide bonds. The zero-order valence-electron chi connectivity index (χ0n) is 16.6. The topological polar surface area (TPSA) is 84.1 Å². The molecule has 29 heavy (non-hydrogen) atoms. The molecule has 3 aromatic rings. The third-order valence-electron chi connectivity index (χ3n) is 4.42. The van der Waals surface area contributed by atoms with Crippen LogP contribution >= 0.6 is 11.8 Å². The van der Waals surface area contributed by atoms with Crippen molar-refractivity contribution in [3.63, 3.8) is 0 Å². The number of thioether (sulfide) groups is 1. The smallest absolute Gasteiger partial charge is 0.251 e. The molecule has 0 aliphatic carbocycles. The van der Waals surface area contributed by atoms with Crippen molar-refractivity contribution in [3.8, 4) is 5.75 Å². The van der Waals surface area contributed by atoms with E-state index >= 15 is 0 Å². The first kappa shape index (κ1) is 20.7. The summed E-state index contributed by atoms with van der Waals surface area (Å²) in [6.45, 7) is 5.92. The molecule has 0 saturated carbocycles. The van der Waals surface area contributed by atoms with Crippen LogP contribution in [0.3, 0.4) is 0 Å². The maximum absolute atomic E-state index is 12.6. The van der Waals surface area contributed by atoms with E-state index in [1.807, 2.05) is 62.4 Å². The number of nitrogens with one attached hydrogen (secondary N) is 2. The zero-order chi connectivity index (χ0) is 20.8. The molecule has 0 saturated heterocycles. The molecule has 0 radical (unpaired) electrons. The van der Waals surface area contributed by atoms with Crippen molar-refractivity contribution in [2.75, 3.05) is 5.32 Å². The number of ether oxygens (including phenoxy) is 1. The Morgan fingerprint density at radius 3 is 2.69 bits per heavy atom. The minimum Gasteiger partial charge on any atom is -0.487 e. The Hall–Kier alpha value is -3.06. The maximum Gasteiger partial charge on any atom is 0.251 e. The number of aromatic nitrogens is 2. The van der Waals surface area contributed by atoms with Crippen molar-refractivity contribution in [1.82, 2.24) is 9.97 Å². The lowest BCUT2D eigenvalue weighted by atomic mass is 10.1. The van der Waals surface area contributed by atoms with Gasteiger partial charge in [0.1, 0.15) is 12.4 Å². The van der Waals surface area contributed by atoms with Crippen LogP contribution in [0.5, 0.6) is 5.75 Å². The van der Waals surface area contributed by atoms with Crippen molar-refractivity contribution < 1.29 is 9.53 Å². The fraction of sp³-hybridized carbons (Fsp3) is 0.227. The van der Waals surface area contributed by atoms with Gasteiger partial charge in [-0.1, -0.05) is 42.1 Å². The van der Waals surface area contributed by atoms with Crippen LogP contribution in [-0.4, -0.2) is 21.1 Å². The summed E-state index contributed by atoms with van der Waals surface area (Å²) in [5.41, 5.74) is 3.15. The fourth-order valence-corrected chi connectivity index (χ4v) is 3.46. The van der Waals surface area contributed by atoms with Gasteiger partial charge in [0, 0.05) is 11.8 Å². The summed E-state index contributed by atoms with van der Waals surface area (Å²) >= 11 is 1.20. The molecular formula is C22H23N3O3S. The number of carbonyl (C=O) groups is 1. The quantitative estimate of drug-likeness (QED) is 0.454. The number of nitrogens with zero attached hydrogens (tertiary/aromatic N) is 1. The highest BCUT2D eigenvalue weighted by Crippen LogP contribution is 2.23. The van der Waals surface area contributed by atoms with Crippen molar-refractivity contribution >= 4 is 23.4 Å². The monoisotopic (exact) mass is 409 g/mol. The summed E-state index contributed by atoms with van der Waals surface area (Å²) in [5.74, 6) is 0.544. The number of carbonyl (C=O) groups excluding carboxylic acids is 1. The summed E-state index contributed by atoms with van der Waals surface area (Å²) < 4.78 is 5.65. The molecule has 2 N–H and O–H groups in total. The molecule has 1 atom stereocenters. The van der Waals surface area contributed by atoms with E-state index in [0.717, 1.165) is 16.8 Å². The van der Waals surface area contributed by atoms with E-state index in [2.05, 4.69) is 15.3 Å². The second-order valence-electron chi connectivity index (χ2n) is 6.64. The number of hydrogen-bond acceptors (Lipinski definition) is 5. The average molecular weight is 410 g/mol. The van der Waals surface area contributed by atoms with Crippen LogP contribution in [0, 0.1) is 13.8 Å². The Labute approximate surface area is 173 Å². The van der Waals surface area contributed by atoms with Crippen LogP contribution in [0.15, 0.2) is 64.5 Å².